The van der Waals surface area contributed by atoms with Gasteiger partial charge in [0.2, 0.25) is 0 Å². The zero-order valence-electron chi connectivity index (χ0n) is 12.9. The first-order valence-electron chi connectivity index (χ1n) is 7.68. The molecular weight excluding hydrogens is 232 g/mol. The number of likely N-dealkylation sites (N-methyl/N-ethyl adjacent to an activating group) is 1. The van der Waals surface area contributed by atoms with Gasteiger partial charge >= 0.3 is 0 Å². The van der Waals surface area contributed by atoms with Crippen molar-refractivity contribution >= 4 is 0 Å². The van der Waals surface area contributed by atoms with Crippen LogP contribution >= 0.6 is 0 Å². The summed E-state index contributed by atoms with van der Waals surface area (Å²) in [6, 6.07) is 4.89. The van der Waals surface area contributed by atoms with Gasteiger partial charge in [0.1, 0.15) is 0 Å². The minimum absolute atomic E-state index is 0.360. The second-order valence-corrected chi connectivity index (χ2v) is 6.98. The minimum atomic E-state index is 0.360. The molecule has 1 heterocycles. The fourth-order valence-corrected chi connectivity index (χ4v) is 3.32. The Hall–Kier alpha value is -0.890. The molecule has 0 saturated carbocycles. The quantitative estimate of drug-likeness (QED) is 0.887. The number of aryl methyl sites for hydroxylation is 1. The van der Waals surface area contributed by atoms with Crippen molar-refractivity contribution in [2.45, 2.75) is 65.3 Å². The van der Waals surface area contributed by atoms with Gasteiger partial charge in [0.25, 0.3) is 0 Å². The molecule has 2 rings (SSSR count). The van der Waals surface area contributed by atoms with Crippen LogP contribution in [0.3, 0.4) is 0 Å². The predicted octanol–water partition coefficient (Wildman–Crippen LogP) is 3.92. The monoisotopic (exact) mass is 260 g/mol. The van der Waals surface area contributed by atoms with E-state index in [0.29, 0.717) is 17.4 Å². The molecule has 106 valence electrons. The summed E-state index contributed by atoms with van der Waals surface area (Å²) in [5.41, 5.74) is 3.18. The van der Waals surface area contributed by atoms with Crippen molar-refractivity contribution in [3.05, 3.63) is 29.6 Å². The SMILES string of the molecule is CCNC(CC(C)(C)C)C1CCCc2cccnc21. The van der Waals surface area contributed by atoms with E-state index in [4.69, 9.17) is 4.98 Å². The Kier molecular flexibility index (Phi) is 4.62. The third kappa shape index (κ3) is 3.79. The highest BCUT2D eigenvalue weighted by molar-refractivity contribution is 5.27. The van der Waals surface area contributed by atoms with Crippen LogP contribution < -0.4 is 5.32 Å². The van der Waals surface area contributed by atoms with Gasteiger partial charge in [-0.25, -0.2) is 0 Å². The fraction of sp³-hybridized carbons (Fsp3) is 0.706. The smallest absolute Gasteiger partial charge is 0.0481 e. The molecule has 0 bridgehead atoms. The van der Waals surface area contributed by atoms with Gasteiger partial charge in [-0.2, -0.15) is 0 Å². The normalized spacial score (nSPS) is 20.9. The lowest BCUT2D eigenvalue weighted by Crippen LogP contribution is -2.39. The number of hydrogen-bond acceptors (Lipinski definition) is 2. The average molecular weight is 260 g/mol. The third-order valence-corrected chi connectivity index (χ3v) is 4.02. The molecule has 0 aromatic carbocycles. The molecule has 1 N–H and O–H groups in total. The van der Waals surface area contributed by atoms with Gasteiger partial charge in [-0.1, -0.05) is 33.8 Å². The number of nitrogens with one attached hydrogen (secondary N) is 1. The molecule has 19 heavy (non-hydrogen) atoms. The van der Waals surface area contributed by atoms with E-state index in [-0.39, 0.29) is 0 Å². The van der Waals surface area contributed by atoms with Crippen LogP contribution in [0.1, 0.15) is 64.1 Å². The van der Waals surface area contributed by atoms with E-state index in [0.717, 1.165) is 6.54 Å². The van der Waals surface area contributed by atoms with Gasteiger partial charge in [0, 0.05) is 23.9 Å². The summed E-state index contributed by atoms with van der Waals surface area (Å²) >= 11 is 0. The Bertz CT molecular complexity index is 406. The maximum absolute atomic E-state index is 4.69. The van der Waals surface area contributed by atoms with E-state index in [1.165, 1.54) is 36.9 Å². The molecule has 0 saturated heterocycles. The summed E-state index contributed by atoms with van der Waals surface area (Å²) in [4.78, 5) is 4.69. The molecule has 0 amide bonds. The van der Waals surface area contributed by atoms with Crippen molar-refractivity contribution in [2.75, 3.05) is 6.54 Å². The minimum Gasteiger partial charge on any atom is -0.314 e. The van der Waals surface area contributed by atoms with Crippen LogP contribution in [0.4, 0.5) is 0 Å². The molecule has 2 nitrogen and oxygen atoms in total. The van der Waals surface area contributed by atoms with Crippen LogP contribution in [-0.4, -0.2) is 17.6 Å². The number of aromatic nitrogens is 1. The lowest BCUT2D eigenvalue weighted by atomic mass is 9.76. The Morgan fingerprint density at radius 1 is 1.42 bits per heavy atom. The van der Waals surface area contributed by atoms with Crippen LogP contribution in [0.25, 0.3) is 0 Å². The van der Waals surface area contributed by atoms with Gasteiger partial charge in [0.15, 0.2) is 0 Å². The van der Waals surface area contributed by atoms with Gasteiger partial charge in [-0.05, 0) is 49.3 Å². The Morgan fingerprint density at radius 3 is 2.89 bits per heavy atom. The first-order valence-corrected chi connectivity index (χ1v) is 7.68. The highest BCUT2D eigenvalue weighted by Gasteiger charge is 2.31. The molecule has 0 radical (unpaired) electrons. The molecule has 1 aliphatic rings. The van der Waals surface area contributed by atoms with E-state index in [1.54, 1.807) is 0 Å². The second-order valence-electron chi connectivity index (χ2n) is 6.98. The largest absolute Gasteiger partial charge is 0.314 e. The van der Waals surface area contributed by atoms with Crippen molar-refractivity contribution < 1.29 is 0 Å². The number of nitrogens with zero attached hydrogens (tertiary/aromatic N) is 1. The van der Waals surface area contributed by atoms with Crippen LogP contribution in [0.5, 0.6) is 0 Å². The van der Waals surface area contributed by atoms with E-state index < -0.39 is 0 Å². The van der Waals surface area contributed by atoms with Crippen molar-refractivity contribution in [3.63, 3.8) is 0 Å². The van der Waals surface area contributed by atoms with Crippen LogP contribution in [0, 0.1) is 5.41 Å². The number of hydrogen-bond donors (Lipinski definition) is 1. The van der Waals surface area contributed by atoms with E-state index in [2.05, 4.69) is 45.1 Å². The highest BCUT2D eigenvalue weighted by Crippen LogP contribution is 2.36. The van der Waals surface area contributed by atoms with Crippen LogP contribution in [0.2, 0.25) is 0 Å². The zero-order chi connectivity index (χ0) is 13.9. The van der Waals surface area contributed by atoms with E-state index >= 15 is 0 Å². The van der Waals surface area contributed by atoms with Crippen molar-refractivity contribution in [3.8, 4) is 0 Å². The van der Waals surface area contributed by atoms with Crippen molar-refractivity contribution in [1.82, 2.24) is 10.3 Å². The standard InChI is InChI=1S/C17H28N2/c1-5-18-15(12-17(2,3)4)14-10-6-8-13-9-7-11-19-16(13)14/h7,9,11,14-15,18H,5-6,8,10,12H2,1-4H3. The Labute approximate surface area is 118 Å². The molecule has 0 aliphatic heterocycles. The van der Waals surface area contributed by atoms with Gasteiger partial charge in [-0.15, -0.1) is 0 Å². The van der Waals surface area contributed by atoms with E-state index in [1.807, 2.05) is 6.20 Å². The van der Waals surface area contributed by atoms with Gasteiger partial charge < -0.3 is 5.32 Å². The summed E-state index contributed by atoms with van der Waals surface area (Å²) in [5, 5.41) is 3.71. The second kappa shape index (κ2) is 6.04. The topological polar surface area (TPSA) is 24.9 Å². The van der Waals surface area contributed by atoms with Crippen LogP contribution in [0.15, 0.2) is 18.3 Å². The summed E-state index contributed by atoms with van der Waals surface area (Å²) < 4.78 is 0. The molecule has 1 aromatic rings. The molecule has 2 heteroatoms. The molecule has 0 fully saturated rings. The third-order valence-electron chi connectivity index (χ3n) is 4.02. The number of pyridine rings is 1. The fourth-order valence-electron chi connectivity index (χ4n) is 3.32. The van der Waals surface area contributed by atoms with Gasteiger partial charge in [0.05, 0.1) is 0 Å². The van der Waals surface area contributed by atoms with Crippen molar-refractivity contribution in [1.29, 1.82) is 0 Å². The Balaban J connectivity index is 2.23. The molecular formula is C17H28N2. The first kappa shape index (κ1) is 14.5. The highest BCUT2D eigenvalue weighted by atomic mass is 14.9. The zero-order valence-corrected chi connectivity index (χ0v) is 12.9. The molecule has 1 aliphatic carbocycles. The molecule has 2 unspecified atom stereocenters. The van der Waals surface area contributed by atoms with Gasteiger partial charge in [-0.3, -0.25) is 4.98 Å². The lowest BCUT2D eigenvalue weighted by Gasteiger charge is -2.35. The van der Waals surface area contributed by atoms with E-state index in [9.17, 15) is 0 Å². The molecule has 0 spiro atoms. The number of fused-ring (bicyclic) bond motifs is 1. The lowest BCUT2D eigenvalue weighted by molar-refractivity contribution is 0.268. The maximum Gasteiger partial charge on any atom is 0.0481 e. The molecule has 2 atom stereocenters. The first-order chi connectivity index (χ1) is 9.01. The number of rotatable bonds is 4. The summed E-state index contributed by atoms with van der Waals surface area (Å²) in [7, 11) is 0. The maximum atomic E-state index is 4.69. The summed E-state index contributed by atoms with van der Waals surface area (Å²) in [6.45, 7) is 10.2. The predicted molar refractivity (Wildman–Crippen MR) is 81.5 cm³/mol. The molecule has 1 aromatic heterocycles. The summed E-state index contributed by atoms with van der Waals surface area (Å²) in [6.07, 6.45) is 6.94. The van der Waals surface area contributed by atoms with Crippen LogP contribution in [-0.2, 0) is 6.42 Å². The average Bonchev–Trinajstić information content (AvgIpc) is 2.36. The van der Waals surface area contributed by atoms with Crippen molar-refractivity contribution in [2.24, 2.45) is 5.41 Å². The summed E-state index contributed by atoms with van der Waals surface area (Å²) in [5.74, 6) is 0.587. The Morgan fingerprint density at radius 2 is 2.21 bits per heavy atom.